The molecule has 0 unspecified atom stereocenters. The average Bonchev–Trinajstić information content (AvgIpc) is 2.63. The molecular weight excluding hydrogens is 274 g/mol. The van der Waals surface area contributed by atoms with Crippen LogP contribution in [0.15, 0.2) is 4.79 Å². The molecule has 0 spiro atoms. The Bertz CT molecular complexity index is 728. The molecule has 2 heterocycles. The molecule has 6 heteroatoms. The fourth-order valence-electron chi connectivity index (χ4n) is 2.22. The van der Waals surface area contributed by atoms with E-state index in [0.29, 0.717) is 17.8 Å². The maximum atomic E-state index is 12.7. The van der Waals surface area contributed by atoms with E-state index in [4.69, 9.17) is 5.73 Å². The summed E-state index contributed by atoms with van der Waals surface area (Å²) >= 11 is 1.54. The predicted octanol–water partition coefficient (Wildman–Crippen LogP) is 2.07. The molecule has 0 aromatic carbocycles. The lowest BCUT2D eigenvalue weighted by atomic mass is 10.1. The highest BCUT2D eigenvalue weighted by Crippen LogP contribution is 2.27. The number of carbonyl (C=O) groups is 1. The SMILES string of the molecule is Cc1sc2nc(C(C)C)n(CCC(N)=O)c(=O)c2c1C. The maximum absolute atomic E-state index is 12.7. The number of aromatic nitrogens is 2. The van der Waals surface area contributed by atoms with Crippen molar-refractivity contribution < 1.29 is 4.79 Å². The van der Waals surface area contributed by atoms with E-state index in [1.54, 1.807) is 15.9 Å². The predicted molar refractivity (Wildman–Crippen MR) is 81.3 cm³/mol. The van der Waals surface area contributed by atoms with Gasteiger partial charge in [-0.1, -0.05) is 13.8 Å². The van der Waals surface area contributed by atoms with Crippen LogP contribution < -0.4 is 11.3 Å². The molecule has 0 saturated heterocycles. The molecule has 2 N–H and O–H groups in total. The molecule has 2 rings (SSSR count). The van der Waals surface area contributed by atoms with Gasteiger partial charge in [0.1, 0.15) is 10.7 Å². The summed E-state index contributed by atoms with van der Waals surface area (Å²) in [7, 11) is 0. The Morgan fingerprint density at radius 1 is 1.40 bits per heavy atom. The molecule has 0 fully saturated rings. The summed E-state index contributed by atoms with van der Waals surface area (Å²) in [6.07, 6.45) is 0.148. The van der Waals surface area contributed by atoms with Crippen molar-refractivity contribution in [2.75, 3.05) is 0 Å². The largest absolute Gasteiger partial charge is 0.370 e. The van der Waals surface area contributed by atoms with Crippen molar-refractivity contribution in [2.45, 2.75) is 46.6 Å². The molecular formula is C14H19N3O2S. The molecule has 0 aliphatic heterocycles. The van der Waals surface area contributed by atoms with Gasteiger partial charge < -0.3 is 5.73 Å². The van der Waals surface area contributed by atoms with Crippen LogP contribution in [0.1, 0.15) is 42.5 Å². The third kappa shape index (κ3) is 2.47. The van der Waals surface area contributed by atoms with Gasteiger partial charge in [0.25, 0.3) is 5.56 Å². The second-order valence-electron chi connectivity index (χ2n) is 5.26. The summed E-state index contributed by atoms with van der Waals surface area (Å²) < 4.78 is 1.59. The highest BCUT2D eigenvalue weighted by atomic mass is 32.1. The first-order valence-electron chi connectivity index (χ1n) is 6.61. The minimum atomic E-state index is -0.412. The van der Waals surface area contributed by atoms with Crippen LogP contribution in [-0.4, -0.2) is 15.5 Å². The van der Waals surface area contributed by atoms with Gasteiger partial charge in [-0.05, 0) is 19.4 Å². The van der Waals surface area contributed by atoms with E-state index in [2.05, 4.69) is 4.98 Å². The fraction of sp³-hybridized carbons (Fsp3) is 0.500. The Morgan fingerprint density at radius 2 is 2.05 bits per heavy atom. The van der Waals surface area contributed by atoms with E-state index >= 15 is 0 Å². The molecule has 0 aliphatic carbocycles. The zero-order valence-electron chi connectivity index (χ0n) is 12.2. The monoisotopic (exact) mass is 293 g/mol. The van der Waals surface area contributed by atoms with Gasteiger partial charge in [0.2, 0.25) is 5.91 Å². The average molecular weight is 293 g/mol. The zero-order valence-corrected chi connectivity index (χ0v) is 13.0. The molecule has 0 radical (unpaired) electrons. The summed E-state index contributed by atoms with van der Waals surface area (Å²) in [5.74, 6) is 0.414. The number of hydrogen-bond acceptors (Lipinski definition) is 4. The van der Waals surface area contributed by atoms with Crippen molar-refractivity contribution >= 4 is 27.5 Å². The number of rotatable bonds is 4. The Morgan fingerprint density at radius 3 is 2.60 bits per heavy atom. The number of carbonyl (C=O) groups excluding carboxylic acids is 1. The van der Waals surface area contributed by atoms with Gasteiger partial charge in [0.15, 0.2) is 0 Å². The molecule has 0 bridgehead atoms. The Hall–Kier alpha value is -1.69. The standard InChI is InChI=1S/C14H19N3O2S/c1-7(2)12-16-13-11(8(3)9(4)20-13)14(19)17(12)6-5-10(15)18/h7H,5-6H2,1-4H3,(H2,15,18). The zero-order chi connectivity index (χ0) is 15.0. The van der Waals surface area contributed by atoms with Gasteiger partial charge in [-0.3, -0.25) is 14.2 Å². The van der Waals surface area contributed by atoms with Crippen molar-refractivity contribution in [1.29, 1.82) is 0 Å². The molecule has 20 heavy (non-hydrogen) atoms. The summed E-state index contributed by atoms with van der Waals surface area (Å²) in [5, 5.41) is 0.668. The minimum Gasteiger partial charge on any atom is -0.370 e. The molecule has 5 nitrogen and oxygen atoms in total. The van der Waals surface area contributed by atoms with Gasteiger partial charge >= 0.3 is 0 Å². The Labute approximate surface area is 121 Å². The van der Waals surface area contributed by atoms with Crippen molar-refractivity contribution in [1.82, 2.24) is 9.55 Å². The van der Waals surface area contributed by atoms with Gasteiger partial charge in [-0.15, -0.1) is 11.3 Å². The van der Waals surface area contributed by atoms with Crippen LogP contribution >= 0.6 is 11.3 Å². The smallest absolute Gasteiger partial charge is 0.262 e. The summed E-state index contributed by atoms with van der Waals surface area (Å²) in [4.78, 5) is 30.2. The normalized spacial score (nSPS) is 11.4. The van der Waals surface area contributed by atoms with Crippen molar-refractivity contribution in [3.63, 3.8) is 0 Å². The fourth-order valence-corrected chi connectivity index (χ4v) is 3.25. The van der Waals surface area contributed by atoms with E-state index in [1.165, 1.54) is 0 Å². The number of nitrogens with zero attached hydrogens (tertiary/aromatic N) is 2. The van der Waals surface area contributed by atoms with E-state index < -0.39 is 5.91 Å². The molecule has 108 valence electrons. The van der Waals surface area contributed by atoms with E-state index in [-0.39, 0.29) is 17.9 Å². The first kappa shape index (κ1) is 14.7. The number of thiophene rings is 1. The topological polar surface area (TPSA) is 78.0 Å². The Balaban J connectivity index is 2.71. The first-order chi connectivity index (χ1) is 9.32. The third-order valence-electron chi connectivity index (χ3n) is 3.42. The lowest BCUT2D eigenvalue weighted by molar-refractivity contribution is -0.118. The lowest BCUT2D eigenvalue weighted by Crippen LogP contribution is -2.28. The molecule has 1 amide bonds. The number of hydrogen-bond donors (Lipinski definition) is 1. The van der Waals surface area contributed by atoms with Crippen LogP contribution in [0, 0.1) is 13.8 Å². The van der Waals surface area contributed by atoms with Crippen LogP contribution in [0.3, 0.4) is 0 Å². The molecule has 2 aromatic heterocycles. The van der Waals surface area contributed by atoms with Crippen LogP contribution in [-0.2, 0) is 11.3 Å². The van der Waals surface area contributed by atoms with Crippen LogP contribution in [0.4, 0.5) is 0 Å². The van der Waals surface area contributed by atoms with Crippen LogP contribution in [0.5, 0.6) is 0 Å². The number of aryl methyl sites for hydroxylation is 2. The lowest BCUT2D eigenvalue weighted by Gasteiger charge is -2.14. The second kappa shape index (κ2) is 5.36. The molecule has 0 aliphatic rings. The molecule has 0 atom stereocenters. The quantitative estimate of drug-likeness (QED) is 0.937. The van der Waals surface area contributed by atoms with E-state index in [9.17, 15) is 9.59 Å². The summed E-state index contributed by atoms with van der Waals surface area (Å²) in [5.41, 5.74) is 6.10. The Kier molecular flexibility index (Phi) is 3.94. The highest BCUT2D eigenvalue weighted by Gasteiger charge is 2.18. The van der Waals surface area contributed by atoms with Gasteiger partial charge in [-0.2, -0.15) is 0 Å². The van der Waals surface area contributed by atoms with E-state index in [1.807, 2.05) is 27.7 Å². The number of nitrogens with two attached hydrogens (primary N) is 1. The van der Waals surface area contributed by atoms with Gasteiger partial charge in [0, 0.05) is 23.8 Å². The number of fused-ring (bicyclic) bond motifs is 1. The number of amides is 1. The van der Waals surface area contributed by atoms with Crippen molar-refractivity contribution in [3.8, 4) is 0 Å². The van der Waals surface area contributed by atoms with E-state index in [0.717, 1.165) is 15.3 Å². The van der Waals surface area contributed by atoms with Crippen molar-refractivity contribution in [3.05, 3.63) is 26.6 Å². The van der Waals surface area contributed by atoms with Gasteiger partial charge in [-0.25, -0.2) is 4.98 Å². The summed E-state index contributed by atoms with van der Waals surface area (Å²) in [6, 6.07) is 0. The third-order valence-corrected chi connectivity index (χ3v) is 4.52. The maximum Gasteiger partial charge on any atom is 0.262 e. The molecule has 0 saturated carbocycles. The summed E-state index contributed by atoms with van der Waals surface area (Å²) in [6.45, 7) is 8.19. The van der Waals surface area contributed by atoms with Crippen LogP contribution in [0.2, 0.25) is 0 Å². The highest BCUT2D eigenvalue weighted by molar-refractivity contribution is 7.18. The first-order valence-corrected chi connectivity index (χ1v) is 7.43. The number of primary amides is 1. The van der Waals surface area contributed by atoms with Crippen LogP contribution in [0.25, 0.3) is 10.2 Å². The van der Waals surface area contributed by atoms with Crippen molar-refractivity contribution in [2.24, 2.45) is 5.73 Å². The van der Waals surface area contributed by atoms with Gasteiger partial charge in [0.05, 0.1) is 5.39 Å². The second-order valence-corrected chi connectivity index (χ2v) is 6.46. The molecule has 2 aromatic rings. The minimum absolute atomic E-state index is 0.0678.